The summed E-state index contributed by atoms with van der Waals surface area (Å²) in [5, 5.41) is 0. The van der Waals surface area contributed by atoms with Crippen LogP contribution in [0.4, 0.5) is 17.6 Å². The first-order chi connectivity index (χ1) is 13.8. The minimum absolute atomic E-state index is 0.0443. The summed E-state index contributed by atoms with van der Waals surface area (Å²) in [6, 6.07) is 19.4. The van der Waals surface area contributed by atoms with Gasteiger partial charge in [0.1, 0.15) is 5.75 Å². The zero-order valence-electron chi connectivity index (χ0n) is 15.4. The molecule has 0 spiro atoms. The van der Waals surface area contributed by atoms with E-state index in [1.54, 1.807) is 48.5 Å². The highest BCUT2D eigenvalue weighted by Gasteiger charge is 2.39. The summed E-state index contributed by atoms with van der Waals surface area (Å²) in [4.78, 5) is 0. The molecular weight excluding hydrogens is 448 g/mol. The standard InChI is InChI=1S/C23H19BrF4O/c24-18-12-10-17(11-13-18)20(23(26,27)28)8-4-5-16-9-14-21(25)22(15-16)29-19-6-2-1-3-7-19/h1-3,6-7,9-15,20H,4-5,8H2. The van der Waals surface area contributed by atoms with Gasteiger partial charge in [0.15, 0.2) is 11.6 Å². The molecule has 0 bridgehead atoms. The molecule has 1 unspecified atom stereocenters. The third-order valence-electron chi connectivity index (χ3n) is 4.59. The van der Waals surface area contributed by atoms with Gasteiger partial charge in [-0.1, -0.05) is 52.3 Å². The molecule has 0 aromatic heterocycles. The number of ether oxygens (including phenoxy) is 1. The Kier molecular flexibility index (Phi) is 6.96. The molecule has 0 radical (unpaired) electrons. The normalized spacial score (nSPS) is 12.6. The van der Waals surface area contributed by atoms with Gasteiger partial charge in [-0.2, -0.15) is 13.2 Å². The van der Waals surface area contributed by atoms with Crippen LogP contribution in [0.3, 0.4) is 0 Å². The molecule has 3 aromatic rings. The van der Waals surface area contributed by atoms with Gasteiger partial charge in [-0.15, -0.1) is 0 Å². The summed E-state index contributed by atoms with van der Waals surface area (Å²) in [5.41, 5.74) is 0.974. The number of para-hydroxylation sites is 1. The van der Waals surface area contributed by atoms with E-state index in [4.69, 9.17) is 4.74 Å². The maximum atomic E-state index is 14.0. The van der Waals surface area contributed by atoms with Crippen molar-refractivity contribution in [2.75, 3.05) is 0 Å². The van der Waals surface area contributed by atoms with E-state index < -0.39 is 17.9 Å². The minimum Gasteiger partial charge on any atom is -0.454 e. The van der Waals surface area contributed by atoms with E-state index in [2.05, 4.69) is 15.9 Å². The van der Waals surface area contributed by atoms with Crippen LogP contribution in [0.1, 0.15) is 29.9 Å². The van der Waals surface area contributed by atoms with Crippen molar-refractivity contribution in [1.82, 2.24) is 0 Å². The number of hydrogen-bond acceptors (Lipinski definition) is 1. The van der Waals surface area contributed by atoms with Crippen LogP contribution in [0.15, 0.2) is 77.3 Å². The van der Waals surface area contributed by atoms with Crippen molar-refractivity contribution in [3.8, 4) is 11.5 Å². The molecule has 0 heterocycles. The quantitative estimate of drug-likeness (QED) is 0.320. The van der Waals surface area contributed by atoms with Gasteiger partial charge in [0.05, 0.1) is 5.92 Å². The van der Waals surface area contributed by atoms with Gasteiger partial charge in [0.25, 0.3) is 0 Å². The Hall–Kier alpha value is -2.34. The van der Waals surface area contributed by atoms with Gasteiger partial charge in [-0.3, -0.25) is 0 Å². The molecule has 0 N–H and O–H groups in total. The molecule has 0 aliphatic carbocycles. The van der Waals surface area contributed by atoms with Crippen LogP contribution in [0.2, 0.25) is 0 Å². The molecule has 3 rings (SSSR count). The topological polar surface area (TPSA) is 9.23 Å². The lowest BCUT2D eigenvalue weighted by molar-refractivity contribution is -0.152. The summed E-state index contributed by atoms with van der Waals surface area (Å²) in [7, 11) is 0. The van der Waals surface area contributed by atoms with Crippen molar-refractivity contribution in [1.29, 1.82) is 0 Å². The molecule has 152 valence electrons. The van der Waals surface area contributed by atoms with E-state index in [0.717, 1.165) is 10.0 Å². The molecule has 0 amide bonds. The lowest BCUT2D eigenvalue weighted by Crippen LogP contribution is -2.21. The highest BCUT2D eigenvalue weighted by atomic mass is 79.9. The fraction of sp³-hybridized carbons (Fsp3) is 0.217. The molecule has 3 aromatic carbocycles. The lowest BCUT2D eigenvalue weighted by Gasteiger charge is -2.21. The molecule has 0 fully saturated rings. The number of benzene rings is 3. The van der Waals surface area contributed by atoms with Gasteiger partial charge in [0.2, 0.25) is 0 Å². The van der Waals surface area contributed by atoms with Crippen molar-refractivity contribution in [3.05, 3.63) is 94.2 Å². The predicted molar refractivity (Wildman–Crippen MR) is 109 cm³/mol. The molecule has 0 aliphatic rings. The third-order valence-corrected chi connectivity index (χ3v) is 5.12. The second kappa shape index (κ2) is 9.44. The Bertz CT molecular complexity index is 924. The SMILES string of the molecule is Fc1ccc(CCCC(c2ccc(Br)cc2)C(F)(F)F)cc1Oc1ccccc1. The summed E-state index contributed by atoms with van der Waals surface area (Å²) in [6.07, 6.45) is -3.65. The van der Waals surface area contributed by atoms with Crippen molar-refractivity contribution in [2.24, 2.45) is 0 Å². The molecule has 6 heteroatoms. The van der Waals surface area contributed by atoms with Crippen LogP contribution in [0, 0.1) is 5.82 Å². The maximum Gasteiger partial charge on any atom is 0.395 e. The van der Waals surface area contributed by atoms with Crippen LogP contribution in [-0.2, 0) is 6.42 Å². The van der Waals surface area contributed by atoms with Gasteiger partial charge < -0.3 is 4.74 Å². The van der Waals surface area contributed by atoms with E-state index in [-0.39, 0.29) is 17.7 Å². The second-order valence-corrected chi connectivity index (χ2v) is 7.63. The average Bonchev–Trinajstić information content (AvgIpc) is 2.68. The molecular formula is C23H19BrF4O. The van der Waals surface area contributed by atoms with E-state index in [1.165, 1.54) is 18.2 Å². The Morgan fingerprint density at radius 2 is 1.59 bits per heavy atom. The number of aryl methyl sites for hydroxylation is 1. The number of halogens is 5. The highest BCUT2D eigenvalue weighted by molar-refractivity contribution is 9.10. The molecule has 0 saturated carbocycles. The van der Waals surface area contributed by atoms with Crippen LogP contribution < -0.4 is 4.74 Å². The van der Waals surface area contributed by atoms with Gasteiger partial charge in [-0.25, -0.2) is 4.39 Å². The summed E-state index contributed by atoms with van der Waals surface area (Å²) in [5.74, 6) is -1.48. The van der Waals surface area contributed by atoms with Crippen molar-refractivity contribution >= 4 is 15.9 Å². The van der Waals surface area contributed by atoms with Crippen LogP contribution in [0.25, 0.3) is 0 Å². The monoisotopic (exact) mass is 466 g/mol. The Balaban J connectivity index is 1.67. The van der Waals surface area contributed by atoms with E-state index in [9.17, 15) is 17.6 Å². The number of hydrogen-bond donors (Lipinski definition) is 0. The van der Waals surface area contributed by atoms with Crippen LogP contribution >= 0.6 is 15.9 Å². The molecule has 29 heavy (non-hydrogen) atoms. The summed E-state index contributed by atoms with van der Waals surface area (Å²) < 4.78 is 60.9. The van der Waals surface area contributed by atoms with Gasteiger partial charge >= 0.3 is 6.18 Å². The zero-order chi connectivity index (χ0) is 20.9. The first-order valence-electron chi connectivity index (χ1n) is 9.16. The van der Waals surface area contributed by atoms with Crippen LogP contribution in [-0.4, -0.2) is 6.18 Å². The molecule has 0 aliphatic heterocycles. The summed E-state index contributed by atoms with van der Waals surface area (Å²) in [6.45, 7) is 0. The predicted octanol–water partition coefficient (Wildman–Crippen LogP) is 8.05. The lowest BCUT2D eigenvalue weighted by atomic mass is 9.92. The van der Waals surface area contributed by atoms with Crippen LogP contribution in [0.5, 0.6) is 11.5 Å². The van der Waals surface area contributed by atoms with E-state index in [0.29, 0.717) is 18.6 Å². The van der Waals surface area contributed by atoms with E-state index in [1.807, 2.05) is 6.07 Å². The molecule has 0 saturated heterocycles. The summed E-state index contributed by atoms with van der Waals surface area (Å²) >= 11 is 3.24. The second-order valence-electron chi connectivity index (χ2n) is 6.72. The minimum atomic E-state index is -4.32. The molecule has 1 atom stereocenters. The maximum absolute atomic E-state index is 14.0. The highest BCUT2D eigenvalue weighted by Crippen LogP contribution is 2.39. The fourth-order valence-corrected chi connectivity index (χ4v) is 3.39. The molecule has 1 nitrogen and oxygen atoms in total. The Morgan fingerprint density at radius 1 is 0.897 bits per heavy atom. The zero-order valence-corrected chi connectivity index (χ0v) is 17.0. The van der Waals surface area contributed by atoms with Crippen molar-refractivity contribution in [3.63, 3.8) is 0 Å². The van der Waals surface area contributed by atoms with Crippen molar-refractivity contribution in [2.45, 2.75) is 31.4 Å². The average molecular weight is 467 g/mol. The third kappa shape index (κ3) is 6.07. The smallest absolute Gasteiger partial charge is 0.395 e. The Labute approximate surface area is 175 Å². The van der Waals surface area contributed by atoms with Gasteiger partial charge in [0, 0.05) is 4.47 Å². The number of alkyl halides is 3. The largest absolute Gasteiger partial charge is 0.454 e. The van der Waals surface area contributed by atoms with Gasteiger partial charge in [-0.05, 0) is 66.8 Å². The first-order valence-corrected chi connectivity index (χ1v) is 9.96. The van der Waals surface area contributed by atoms with E-state index >= 15 is 0 Å². The number of rotatable bonds is 7. The van der Waals surface area contributed by atoms with Crippen molar-refractivity contribution < 1.29 is 22.3 Å². The first kappa shape index (κ1) is 21.4. The Morgan fingerprint density at radius 3 is 2.24 bits per heavy atom. The fourth-order valence-electron chi connectivity index (χ4n) is 3.12.